The summed E-state index contributed by atoms with van der Waals surface area (Å²) in [6.07, 6.45) is 5.15. The number of aryl methyl sites for hydroxylation is 1. The van der Waals surface area contributed by atoms with Crippen LogP contribution in [-0.2, 0) is 7.05 Å². The van der Waals surface area contributed by atoms with Gasteiger partial charge in [-0.1, -0.05) is 25.3 Å². The number of carbonyl (C=O) groups excluding carboxylic acids is 1. The molecule has 1 aromatic carbocycles. The van der Waals surface area contributed by atoms with Crippen LogP contribution < -0.4 is 21.8 Å². The summed E-state index contributed by atoms with van der Waals surface area (Å²) in [6.45, 7) is 0. The van der Waals surface area contributed by atoms with Gasteiger partial charge >= 0.3 is 0 Å². The standard InChI is InChI=1S/C20H27N5O4/c1-24(2)19(28)13-10-7-11-14(17(13)26)22-15-16(20(29)25(3)23-18(15)27)21-12-8-5-4-6-9-12/h7,10-12,21-22,26H,4-6,8-9H2,1-3H3,(H,23,27). The van der Waals surface area contributed by atoms with E-state index in [1.165, 1.54) is 18.0 Å². The van der Waals surface area contributed by atoms with Crippen LogP contribution in [0.4, 0.5) is 17.1 Å². The van der Waals surface area contributed by atoms with Crippen LogP contribution in [0.1, 0.15) is 42.5 Å². The highest BCUT2D eigenvalue weighted by atomic mass is 16.3. The fraction of sp³-hybridized carbons (Fsp3) is 0.450. The zero-order chi connectivity index (χ0) is 21.1. The van der Waals surface area contributed by atoms with Crippen molar-refractivity contribution in [2.24, 2.45) is 7.05 Å². The molecule has 1 amide bonds. The summed E-state index contributed by atoms with van der Waals surface area (Å²) >= 11 is 0. The number of amides is 1. The van der Waals surface area contributed by atoms with Gasteiger partial charge in [0.05, 0.1) is 11.3 Å². The molecular formula is C20H27N5O4. The van der Waals surface area contributed by atoms with Crippen molar-refractivity contribution >= 4 is 23.0 Å². The molecule has 1 aliphatic carbocycles. The summed E-state index contributed by atoms with van der Waals surface area (Å²) in [4.78, 5) is 39.0. The molecule has 0 saturated heterocycles. The molecule has 29 heavy (non-hydrogen) atoms. The Kier molecular flexibility index (Phi) is 5.95. The normalized spacial score (nSPS) is 14.4. The summed E-state index contributed by atoms with van der Waals surface area (Å²) < 4.78 is 1.13. The van der Waals surface area contributed by atoms with E-state index in [-0.39, 0.29) is 45.9 Å². The zero-order valence-corrected chi connectivity index (χ0v) is 16.9. The monoisotopic (exact) mass is 401 g/mol. The van der Waals surface area contributed by atoms with Crippen LogP contribution in [0.2, 0.25) is 0 Å². The van der Waals surface area contributed by atoms with Crippen molar-refractivity contribution in [1.82, 2.24) is 14.7 Å². The predicted molar refractivity (Wildman–Crippen MR) is 112 cm³/mol. The second-order valence-electron chi connectivity index (χ2n) is 7.56. The van der Waals surface area contributed by atoms with E-state index >= 15 is 0 Å². The van der Waals surface area contributed by atoms with Gasteiger partial charge in [0.1, 0.15) is 11.4 Å². The van der Waals surface area contributed by atoms with Gasteiger partial charge in [-0.25, -0.2) is 0 Å². The molecule has 156 valence electrons. The van der Waals surface area contributed by atoms with Crippen LogP contribution in [0.25, 0.3) is 0 Å². The number of phenolic OH excluding ortho intramolecular Hbond substituents is 1. The van der Waals surface area contributed by atoms with E-state index in [2.05, 4.69) is 15.7 Å². The molecule has 0 radical (unpaired) electrons. The van der Waals surface area contributed by atoms with Crippen molar-refractivity contribution < 1.29 is 9.90 Å². The molecule has 4 N–H and O–H groups in total. The molecule has 1 aromatic heterocycles. The van der Waals surface area contributed by atoms with Gasteiger partial charge in [0, 0.05) is 27.2 Å². The number of benzene rings is 1. The number of aromatic hydroxyl groups is 1. The molecule has 0 bridgehead atoms. The number of para-hydroxylation sites is 1. The van der Waals surface area contributed by atoms with E-state index in [0.717, 1.165) is 36.8 Å². The minimum absolute atomic E-state index is 0.0171. The summed E-state index contributed by atoms with van der Waals surface area (Å²) in [5.41, 5.74) is -0.438. The number of hydrogen-bond acceptors (Lipinski definition) is 6. The van der Waals surface area contributed by atoms with Gasteiger partial charge in [0.2, 0.25) is 0 Å². The topological polar surface area (TPSA) is 119 Å². The van der Waals surface area contributed by atoms with E-state index in [1.807, 2.05) is 0 Å². The first-order valence-corrected chi connectivity index (χ1v) is 9.70. The lowest BCUT2D eigenvalue weighted by Gasteiger charge is -2.25. The third-order valence-electron chi connectivity index (χ3n) is 5.15. The molecule has 1 aliphatic rings. The minimum Gasteiger partial charge on any atom is -0.505 e. The van der Waals surface area contributed by atoms with Gasteiger partial charge in [0.25, 0.3) is 17.0 Å². The SMILES string of the molecule is CN(C)C(=O)c1cccc(Nc2c(NC3CCCCC3)c(=O)n(C)[nH]c2=O)c1O. The number of phenols is 1. The molecule has 1 heterocycles. The highest BCUT2D eigenvalue weighted by molar-refractivity contribution is 5.98. The van der Waals surface area contributed by atoms with Crippen LogP contribution in [0.15, 0.2) is 27.8 Å². The largest absolute Gasteiger partial charge is 0.505 e. The number of H-pyrrole nitrogens is 1. The van der Waals surface area contributed by atoms with Gasteiger partial charge in [0.15, 0.2) is 5.75 Å². The van der Waals surface area contributed by atoms with Crippen LogP contribution in [0, 0.1) is 0 Å². The Bertz CT molecular complexity index is 1020. The summed E-state index contributed by atoms with van der Waals surface area (Å²) in [5.74, 6) is -0.653. The minimum atomic E-state index is -0.505. The summed E-state index contributed by atoms with van der Waals surface area (Å²) in [7, 11) is 4.65. The van der Waals surface area contributed by atoms with Crippen molar-refractivity contribution in [2.45, 2.75) is 38.1 Å². The van der Waals surface area contributed by atoms with Crippen LogP contribution in [0.3, 0.4) is 0 Å². The van der Waals surface area contributed by atoms with Crippen molar-refractivity contribution in [2.75, 3.05) is 24.7 Å². The van der Waals surface area contributed by atoms with Crippen LogP contribution in [-0.4, -0.2) is 45.8 Å². The number of nitrogens with one attached hydrogen (secondary N) is 3. The lowest BCUT2D eigenvalue weighted by Crippen LogP contribution is -2.35. The first-order chi connectivity index (χ1) is 13.8. The molecule has 9 heteroatoms. The lowest BCUT2D eigenvalue weighted by molar-refractivity contribution is 0.0824. The van der Waals surface area contributed by atoms with Gasteiger partial charge < -0.3 is 20.6 Å². The summed E-state index contributed by atoms with van der Waals surface area (Å²) in [6, 6.07) is 4.75. The van der Waals surface area contributed by atoms with E-state index < -0.39 is 5.56 Å². The van der Waals surface area contributed by atoms with E-state index in [0.29, 0.717) is 0 Å². The Morgan fingerprint density at radius 1 is 1.17 bits per heavy atom. The van der Waals surface area contributed by atoms with E-state index in [1.54, 1.807) is 26.2 Å². The average Bonchev–Trinajstić information content (AvgIpc) is 2.70. The molecule has 0 atom stereocenters. The number of carbonyl (C=O) groups is 1. The molecule has 3 rings (SSSR count). The van der Waals surface area contributed by atoms with Gasteiger partial charge in [-0.2, -0.15) is 0 Å². The van der Waals surface area contributed by atoms with Gasteiger partial charge in [-0.15, -0.1) is 0 Å². The Labute approximate surface area is 168 Å². The van der Waals surface area contributed by atoms with E-state index in [9.17, 15) is 19.5 Å². The number of rotatable bonds is 5. The Morgan fingerprint density at radius 2 is 1.86 bits per heavy atom. The highest BCUT2D eigenvalue weighted by Crippen LogP contribution is 2.32. The zero-order valence-electron chi connectivity index (χ0n) is 16.9. The van der Waals surface area contributed by atoms with Crippen LogP contribution >= 0.6 is 0 Å². The first kappa shape index (κ1) is 20.5. The summed E-state index contributed by atoms with van der Waals surface area (Å²) in [5, 5.41) is 19.1. The predicted octanol–water partition coefficient (Wildman–Crippen LogP) is 1.97. The molecule has 9 nitrogen and oxygen atoms in total. The Morgan fingerprint density at radius 3 is 2.52 bits per heavy atom. The smallest absolute Gasteiger partial charge is 0.290 e. The molecule has 1 saturated carbocycles. The maximum absolute atomic E-state index is 12.7. The number of nitrogens with zero attached hydrogens (tertiary/aromatic N) is 2. The number of hydrogen-bond donors (Lipinski definition) is 4. The van der Waals surface area contributed by atoms with Crippen molar-refractivity contribution in [1.29, 1.82) is 0 Å². The Balaban J connectivity index is 2.02. The quantitative estimate of drug-likeness (QED) is 0.569. The fourth-order valence-corrected chi connectivity index (χ4v) is 3.54. The number of aromatic amines is 1. The molecular weight excluding hydrogens is 374 g/mol. The van der Waals surface area contributed by atoms with Gasteiger partial charge in [-0.05, 0) is 25.0 Å². The second-order valence-corrected chi connectivity index (χ2v) is 7.56. The Hall–Kier alpha value is -3.23. The molecule has 0 aliphatic heterocycles. The maximum Gasteiger partial charge on any atom is 0.290 e. The number of anilines is 3. The lowest BCUT2D eigenvalue weighted by atomic mass is 9.95. The van der Waals surface area contributed by atoms with Crippen LogP contribution in [0.5, 0.6) is 5.75 Å². The van der Waals surface area contributed by atoms with Crippen molar-refractivity contribution in [3.8, 4) is 5.75 Å². The third-order valence-corrected chi connectivity index (χ3v) is 5.15. The highest BCUT2D eigenvalue weighted by Gasteiger charge is 2.22. The van der Waals surface area contributed by atoms with E-state index in [4.69, 9.17) is 0 Å². The fourth-order valence-electron chi connectivity index (χ4n) is 3.54. The third kappa shape index (κ3) is 4.28. The maximum atomic E-state index is 12.7. The van der Waals surface area contributed by atoms with Crippen molar-refractivity contribution in [3.63, 3.8) is 0 Å². The molecule has 0 unspecified atom stereocenters. The van der Waals surface area contributed by atoms with Crippen molar-refractivity contribution in [3.05, 3.63) is 44.5 Å². The second kappa shape index (κ2) is 8.42. The number of aromatic nitrogens is 2. The molecule has 0 spiro atoms. The average molecular weight is 401 g/mol. The molecule has 1 fully saturated rings. The first-order valence-electron chi connectivity index (χ1n) is 9.70. The van der Waals surface area contributed by atoms with Gasteiger partial charge in [-0.3, -0.25) is 24.2 Å². The molecule has 2 aromatic rings.